The summed E-state index contributed by atoms with van der Waals surface area (Å²) in [6.45, 7) is 1.91. The van der Waals surface area contributed by atoms with Crippen molar-refractivity contribution in [3.8, 4) is 11.4 Å². The molecule has 0 aromatic carbocycles. The van der Waals surface area contributed by atoms with Gasteiger partial charge in [-0.25, -0.2) is 0 Å². The van der Waals surface area contributed by atoms with E-state index in [4.69, 9.17) is 0 Å². The molecule has 11 heavy (non-hydrogen) atoms. The van der Waals surface area contributed by atoms with Crippen LogP contribution in [0.3, 0.4) is 0 Å². The fraction of sp³-hybridized carbons (Fsp3) is 0.200. The van der Waals surface area contributed by atoms with Crippen molar-refractivity contribution in [1.29, 1.82) is 0 Å². The Morgan fingerprint density at radius 1 is 1.18 bits per heavy atom. The Morgan fingerprint density at radius 2 is 2.09 bits per heavy atom. The first kappa shape index (κ1) is 6.81. The molecule has 0 atom stereocenters. The maximum atomic E-state index is 4.09. The Balaban J connectivity index is 2.53. The second kappa shape index (κ2) is 2.63. The minimum atomic E-state index is 0.821. The van der Waals surface area contributed by atoms with Gasteiger partial charge in [-0.3, -0.25) is 0 Å². The van der Waals surface area contributed by atoms with Crippen molar-refractivity contribution in [2.75, 3.05) is 0 Å². The van der Waals surface area contributed by atoms with Crippen LogP contribution in [0, 0.1) is 6.92 Å². The topological polar surface area (TPSA) is 51.6 Å². The predicted octanol–water partition coefficient (Wildman–Crippen LogP) is 1.37. The van der Waals surface area contributed by atoms with E-state index in [0.717, 1.165) is 17.1 Å². The molecule has 0 fully saturated rings. The van der Waals surface area contributed by atoms with E-state index in [0.29, 0.717) is 0 Å². The van der Waals surface area contributed by atoms with Crippen LogP contribution in [0.15, 0.2) is 6.20 Å². The monoisotopic (exact) mass is 184 g/mol. The van der Waals surface area contributed by atoms with Crippen LogP contribution < -0.4 is 0 Å². The zero-order valence-corrected chi connectivity index (χ0v) is 7.32. The number of aromatic nitrogens is 4. The molecule has 0 radical (unpaired) electrons. The third kappa shape index (κ3) is 1.14. The predicted molar refractivity (Wildman–Crippen MR) is 43.5 cm³/mol. The van der Waals surface area contributed by atoms with Gasteiger partial charge in [-0.2, -0.15) is 17.5 Å². The maximum Gasteiger partial charge on any atom is 0.128 e. The Labute approximate surface area is 71.6 Å². The first-order chi connectivity index (χ1) is 5.38. The van der Waals surface area contributed by atoms with Gasteiger partial charge in [0, 0.05) is 0 Å². The minimum absolute atomic E-state index is 0.821. The van der Waals surface area contributed by atoms with Crippen LogP contribution in [0.25, 0.3) is 11.4 Å². The second-order valence-electron chi connectivity index (χ2n) is 1.99. The molecule has 4 nitrogen and oxygen atoms in total. The van der Waals surface area contributed by atoms with Crippen molar-refractivity contribution in [2.24, 2.45) is 0 Å². The molecule has 0 saturated heterocycles. The zero-order valence-electron chi connectivity index (χ0n) is 5.68. The van der Waals surface area contributed by atoms with Crippen molar-refractivity contribution < 1.29 is 0 Å². The molecule has 0 bridgehead atoms. The molecular formula is C5H4N4S2. The highest BCUT2D eigenvalue weighted by Gasteiger charge is 2.07. The fourth-order valence-electron chi connectivity index (χ4n) is 0.733. The molecule has 6 heteroatoms. The number of hydrogen-bond donors (Lipinski definition) is 0. The highest BCUT2D eigenvalue weighted by molar-refractivity contribution is 7.00. The summed E-state index contributed by atoms with van der Waals surface area (Å²) in [7, 11) is 0. The fourth-order valence-corrected chi connectivity index (χ4v) is 1.71. The van der Waals surface area contributed by atoms with Crippen LogP contribution in [0.4, 0.5) is 0 Å². The first-order valence-corrected chi connectivity index (χ1v) is 4.41. The van der Waals surface area contributed by atoms with Gasteiger partial charge in [0.15, 0.2) is 0 Å². The number of rotatable bonds is 1. The van der Waals surface area contributed by atoms with Crippen LogP contribution in [0.1, 0.15) is 5.69 Å². The van der Waals surface area contributed by atoms with E-state index in [1.807, 2.05) is 6.92 Å². The van der Waals surface area contributed by atoms with E-state index >= 15 is 0 Å². The molecule has 0 spiro atoms. The molecule has 2 aromatic rings. The SMILES string of the molecule is Cc1nsnc1-c1cnsn1. The highest BCUT2D eigenvalue weighted by Crippen LogP contribution is 2.18. The summed E-state index contributed by atoms with van der Waals surface area (Å²) in [5.41, 5.74) is 2.59. The van der Waals surface area contributed by atoms with Gasteiger partial charge in [0.05, 0.1) is 35.3 Å². The van der Waals surface area contributed by atoms with E-state index in [1.54, 1.807) is 6.20 Å². The summed E-state index contributed by atoms with van der Waals surface area (Å²) in [5.74, 6) is 0. The summed E-state index contributed by atoms with van der Waals surface area (Å²) in [6, 6.07) is 0. The Morgan fingerprint density at radius 3 is 2.64 bits per heavy atom. The van der Waals surface area contributed by atoms with E-state index in [1.165, 1.54) is 23.5 Å². The lowest BCUT2D eigenvalue weighted by Gasteiger charge is -1.85. The summed E-state index contributed by atoms with van der Waals surface area (Å²) >= 11 is 2.38. The molecule has 2 heterocycles. The third-order valence-corrected chi connectivity index (χ3v) is 2.35. The molecule has 2 rings (SSSR count). The smallest absolute Gasteiger partial charge is 0.128 e. The second-order valence-corrected chi connectivity index (χ2v) is 3.08. The van der Waals surface area contributed by atoms with E-state index in [2.05, 4.69) is 17.5 Å². The van der Waals surface area contributed by atoms with Crippen molar-refractivity contribution in [2.45, 2.75) is 6.92 Å². The molecule has 0 aliphatic rings. The lowest BCUT2D eigenvalue weighted by atomic mass is 10.3. The normalized spacial score (nSPS) is 10.3. The van der Waals surface area contributed by atoms with Gasteiger partial charge in [0.25, 0.3) is 0 Å². The van der Waals surface area contributed by atoms with Crippen LogP contribution in [0.5, 0.6) is 0 Å². The molecule has 0 amide bonds. The van der Waals surface area contributed by atoms with Crippen molar-refractivity contribution >= 4 is 23.5 Å². The van der Waals surface area contributed by atoms with Gasteiger partial charge in [-0.15, -0.1) is 0 Å². The van der Waals surface area contributed by atoms with E-state index in [9.17, 15) is 0 Å². The summed E-state index contributed by atoms with van der Waals surface area (Å²) in [4.78, 5) is 0. The van der Waals surface area contributed by atoms with E-state index < -0.39 is 0 Å². The maximum absolute atomic E-state index is 4.09. The number of nitrogens with zero attached hydrogens (tertiary/aromatic N) is 4. The molecular weight excluding hydrogens is 180 g/mol. The summed E-state index contributed by atoms with van der Waals surface area (Å²) in [6.07, 6.45) is 1.70. The molecule has 0 saturated carbocycles. The molecule has 56 valence electrons. The molecule has 2 aromatic heterocycles. The summed E-state index contributed by atoms with van der Waals surface area (Å²) in [5, 5.41) is 0. The largest absolute Gasteiger partial charge is 0.181 e. The summed E-state index contributed by atoms with van der Waals surface area (Å²) < 4.78 is 16.1. The van der Waals surface area contributed by atoms with Crippen LogP contribution in [0.2, 0.25) is 0 Å². The van der Waals surface area contributed by atoms with Gasteiger partial charge in [0.1, 0.15) is 11.4 Å². The van der Waals surface area contributed by atoms with Crippen molar-refractivity contribution in [3.63, 3.8) is 0 Å². The molecule has 0 unspecified atom stereocenters. The Kier molecular flexibility index (Phi) is 1.63. The number of aryl methyl sites for hydroxylation is 1. The highest BCUT2D eigenvalue weighted by atomic mass is 32.1. The van der Waals surface area contributed by atoms with Crippen molar-refractivity contribution in [1.82, 2.24) is 17.5 Å². The van der Waals surface area contributed by atoms with Crippen LogP contribution in [-0.2, 0) is 0 Å². The van der Waals surface area contributed by atoms with Crippen LogP contribution in [-0.4, -0.2) is 17.5 Å². The van der Waals surface area contributed by atoms with Gasteiger partial charge >= 0.3 is 0 Å². The quantitative estimate of drug-likeness (QED) is 0.671. The third-order valence-electron chi connectivity index (χ3n) is 1.26. The molecule has 0 aliphatic heterocycles. The standard InChI is InChI=1S/C5H4N4S2/c1-3-5(9-11-7-3)4-2-6-10-8-4/h2H,1H3. The lowest BCUT2D eigenvalue weighted by Crippen LogP contribution is -1.79. The van der Waals surface area contributed by atoms with Gasteiger partial charge in [0.2, 0.25) is 0 Å². The molecule has 0 aliphatic carbocycles. The minimum Gasteiger partial charge on any atom is -0.181 e. The lowest BCUT2D eigenvalue weighted by molar-refractivity contribution is 1.30. The Bertz CT molecular complexity index is 339. The average molecular weight is 184 g/mol. The van der Waals surface area contributed by atoms with Gasteiger partial charge < -0.3 is 0 Å². The van der Waals surface area contributed by atoms with Gasteiger partial charge in [-0.05, 0) is 6.92 Å². The van der Waals surface area contributed by atoms with Crippen molar-refractivity contribution in [3.05, 3.63) is 11.9 Å². The van der Waals surface area contributed by atoms with Gasteiger partial charge in [-0.1, -0.05) is 0 Å². The zero-order chi connectivity index (χ0) is 7.68. The molecule has 0 N–H and O–H groups in total. The average Bonchev–Trinajstić information content (AvgIpc) is 2.55. The van der Waals surface area contributed by atoms with E-state index in [-0.39, 0.29) is 0 Å². The number of hydrogen-bond acceptors (Lipinski definition) is 6. The first-order valence-electron chi connectivity index (χ1n) is 2.95. The Hall–Kier alpha value is -0.880. The van der Waals surface area contributed by atoms with Crippen LogP contribution >= 0.6 is 23.5 Å².